The van der Waals surface area contributed by atoms with Crippen LogP contribution in [0.4, 0.5) is 5.69 Å². The summed E-state index contributed by atoms with van der Waals surface area (Å²) in [5, 5.41) is 3.06. The molecular weight excluding hydrogens is 268 g/mol. The highest BCUT2D eigenvalue weighted by atomic mass is 35.5. The van der Waals surface area contributed by atoms with Gasteiger partial charge in [0.05, 0.1) is 16.3 Å². The summed E-state index contributed by atoms with van der Waals surface area (Å²) in [7, 11) is 0. The molecule has 3 N–H and O–H groups in total. The Labute approximate surface area is 117 Å². The number of esters is 1. The number of benzene rings is 1. The third-order valence-electron chi connectivity index (χ3n) is 2.59. The van der Waals surface area contributed by atoms with Gasteiger partial charge in [0, 0.05) is 6.04 Å². The summed E-state index contributed by atoms with van der Waals surface area (Å²) in [4.78, 5) is 23.1. The molecule has 0 saturated carbocycles. The molecule has 1 atom stereocenters. The maximum Gasteiger partial charge on any atom is 0.338 e. The predicted octanol–water partition coefficient (Wildman–Crippen LogP) is 1.99. The van der Waals surface area contributed by atoms with Gasteiger partial charge in [0.25, 0.3) is 5.91 Å². The quantitative estimate of drug-likeness (QED) is 0.640. The molecular formula is C13H17ClN2O3. The first-order chi connectivity index (χ1) is 8.93. The molecule has 1 unspecified atom stereocenters. The first kappa shape index (κ1) is 15.3. The molecule has 6 heteroatoms. The van der Waals surface area contributed by atoms with E-state index in [0.717, 1.165) is 6.42 Å². The highest BCUT2D eigenvalue weighted by molar-refractivity contribution is 6.33. The zero-order valence-corrected chi connectivity index (χ0v) is 11.7. The molecule has 0 radical (unpaired) electrons. The van der Waals surface area contributed by atoms with Gasteiger partial charge in [-0.2, -0.15) is 0 Å². The highest BCUT2D eigenvalue weighted by Crippen LogP contribution is 2.19. The smallest absolute Gasteiger partial charge is 0.338 e. The van der Waals surface area contributed by atoms with Gasteiger partial charge in [0.15, 0.2) is 6.61 Å². The van der Waals surface area contributed by atoms with Gasteiger partial charge in [-0.05, 0) is 31.5 Å². The summed E-state index contributed by atoms with van der Waals surface area (Å²) in [5.41, 5.74) is 6.13. The number of amides is 1. The average Bonchev–Trinajstić information content (AvgIpc) is 2.39. The Hall–Kier alpha value is -1.75. The van der Waals surface area contributed by atoms with Crippen LogP contribution in [0.2, 0.25) is 5.02 Å². The van der Waals surface area contributed by atoms with Crippen LogP contribution >= 0.6 is 11.6 Å². The van der Waals surface area contributed by atoms with E-state index in [1.165, 1.54) is 18.2 Å². The summed E-state index contributed by atoms with van der Waals surface area (Å²) < 4.78 is 4.88. The predicted molar refractivity (Wildman–Crippen MR) is 74.0 cm³/mol. The number of hydrogen-bond donors (Lipinski definition) is 2. The first-order valence-corrected chi connectivity index (χ1v) is 6.33. The fraction of sp³-hybridized carbons (Fsp3) is 0.385. The third-order valence-corrected chi connectivity index (χ3v) is 2.93. The van der Waals surface area contributed by atoms with Crippen molar-refractivity contribution in [3.05, 3.63) is 28.8 Å². The van der Waals surface area contributed by atoms with E-state index >= 15 is 0 Å². The number of nitrogens with one attached hydrogen (secondary N) is 1. The van der Waals surface area contributed by atoms with Crippen molar-refractivity contribution >= 4 is 29.2 Å². The largest absolute Gasteiger partial charge is 0.452 e. The summed E-state index contributed by atoms with van der Waals surface area (Å²) in [6, 6.07) is 4.47. The van der Waals surface area contributed by atoms with Crippen molar-refractivity contribution in [2.45, 2.75) is 26.3 Å². The topological polar surface area (TPSA) is 81.4 Å². The standard InChI is InChI=1S/C13H17ClN2O3/c1-3-8(2)16-12(17)7-19-13(18)9-4-5-10(14)11(15)6-9/h4-6,8H,3,7,15H2,1-2H3,(H,16,17). The maximum absolute atomic E-state index is 11.7. The highest BCUT2D eigenvalue weighted by Gasteiger charge is 2.12. The Balaban J connectivity index is 2.51. The summed E-state index contributed by atoms with van der Waals surface area (Å²) in [5.74, 6) is -0.938. The van der Waals surface area contributed by atoms with Crippen LogP contribution in [0.25, 0.3) is 0 Å². The van der Waals surface area contributed by atoms with Crippen LogP contribution in [-0.4, -0.2) is 24.5 Å². The molecule has 1 aromatic rings. The second kappa shape index (κ2) is 6.99. The van der Waals surface area contributed by atoms with Crippen LogP contribution < -0.4 is 11.1 Å². The number of rotatable bonds is 5. The van der Waals surface area contributed by atoms with E-state index in [-0.39, 0.29) is 24.1 Å². The fourth-order valence-electron chi connectivity index (χ4n) is 1.30. The molecule has 1 rings (SSSR count). The van der Waals surface area contributed by atoms with Crippen LogP contribution in [0.3, 0.4) is 0 Å². The van der Waals surface area contributed by atoms with Crippen molar-refractivity contribution in [2.75, 3.05) is 12.3 Å². The molecule has 0 aliphatic carbocycles. The third kappa shape index (κ3) is 4.79. The van der Waals surface area contributed by atoms with Gasteiger partial charge in [-0.25, -0.2) is 4.79 Å². The minimum absolute atomic E-state index is 0.0531. The minimum atomic E-state index is -0.609. The van der Waals surface area contributed by atoms with Gasteiger partial charge in [-0.1, -0.05) is 18.5 Å². The number of carbonyl (C=O) groups is 2. The van der Waals surface area contributed by atoms with Gasteiger partial charge in [-0.3, -0.25) is 4.79 Å². The molecule has 5 nitrogen and oxygen atoms in total. The van der Waals surface area contributed by atoms with Gasteiger partial charge in [0.2, 0.25) is 0 Å². The van der Waals surface area contributed by atoms with Crippen LogP contribution in [0.1, 0.15) is 30.6 Å². The van der Waals surface area contributed by atoms with Crippen molar-refractivity contribution in [1.29, 1.82) is 0 Å². The number of nitrogens with two attached hydrogens (primary N) is 1. The summed E-state index contributed by atoms with van der Waals surface area (Å²) in [6.07, 6.45) is 0.813. The Morgan fingerprint density at radius 1 is 1.47 bits per heavy atom. The summed E-state index contributed by atoms with van der Waals surface area (Å²) >= 11 is 5.74. The van der Waals surface area contributed by atoms with Crippen LogP contribution in [-0.2, 0) is 9.53 Å². The first-order valence-electron chi connectivity index (χ1n) is 5.95. The number of ether oxygens (including phenoxy) is 1. The SMILES string of the molecule is CCC(C)NC(=O)COC(=O)c1ccc(Cl)c(N)c1. The van der Waals surface area contributed by atoms with Crippen molar-refractivity contribution in [2.24, 2.45) is 0 Å². The zero-order chi connectivity index (χ0) is 14.4. The Bertz CT molecular complexity index is 477. The van der Waals surface area contributed by atoms with E-state index in [1.807, 2.05) is 13.8 Å². The van der Waals surface area contributed by atoms with Gasteiger partial charge in [-0.15, -0.1) is 0 Å². The van der Waals surface area contributed by atoms with E-state index in [9.17, 15) is 9.59 Å². The second-order valence-corrected chi connectivity index (χ2v) is 4.60. The van der Waals surface area contributed by atoms with E-state index in [1.54, 1.807) is 0 Å². The lowest BCUT2D eigenvalue weighted by molar-refractivity contribution is -0.124. The molecule has 0 saturated heterocycles. The molecule has 0 bridgehead atoms. The van der Waals surface area contributed by atoms with E-state index in [4.69, 9.17) is 22.1 Å². The van der Waals surface area contributed by atoms with Crippen LogP contribution in [0.5, 0.6) is 0 Å². The van der Waals surface area contributed by atoms with Gasteiger partial charge >= 0.3 is 5.97 Å². The van der Waals surface area contributed by atoms with Crippen molar-refractivity contribution in [3.8, 4) is 0 Å². The fourth-order valence-corrected chi connectivity index (χ4v) is 1.42. The van der Waals surface area contributed by atoms with Crippen LogP contribution in [0.15, 0.2) is 18.2 Å². The number of anilines is 1. The van der Waals surface area contributed by atoms with Crippen LogP contribution in [0, 0.1) is 0 Å². The minimum Gasteiger partial charge on any atom is -0.452 e. The molecule has 0 aromatic heterocycles. The number of hydrogen-bond acceptors (Lipinski definition) is 4. The molecule has 0 heterocycles. The molecule has 0 spiro atoms. The number of halogens is 1. The lowest BCUT2D eigenvalue weighted by Gasteiger charge is -2.11. The van der Waals surface area contributed by atoms with E-state index in [2.05, 4.69) is 5.32 Å². The average molecular weight is 285 g/mol. The molecule has 0 aliphatic rings. The lowest BCUT2D eigenvalue weighted by Crippen LogP contribution is -2.35. The Morgan fingerprint density at radius 2 is 2.16 bits per heavy atom. The molecule has 19 heavy (non-hydrogen) atoms. The Kier molecular flexibility index (Phi) is 5.63. The van der Waals surface area contributed by atoms with Gasteiger partial charge < -0.3 is 15.8 Å². The monoisotopic (exact) mass is 284 g/mol. The maximum atomic E-state index is 11.7. The zero-order valence-electron chi connectivity index (χ0n) is 10.9. The Morgan fingerprint density at radius 3 is 2.74 bits per heavy atom. The van der Waals surface area contributed by atoms with Crippen molar-refractivity contribution in [1.82, 2.24) is 5.32 Å². The van der Waals surface area contributed by atoms with E-state index < -0.39 is 5.97 Å². The lowest BCUT2D eigenvalue weighted by atomic mass is 10.2. The number of nitrogen functional groups attached to an aromatic ring is 1. The van der Waals surface area contributed by atoms with Gasteiger partial charge in [0.1, 0.15) is 0 Å². The normalized spacial score (nSPS) is 11.7. The molecule has 0 aliphatic heterocycles. The van der Waals surface area contributed by atoms with E-state index in [0.29, 0.717) is 10.7 Å². The molecule has 104 valence electrons. The molecule has 1 aromatic carbocycles. The molecule has 1 amide bonds. The van der Waals surface area contributed by atoms with Crippen molar-refractivity contribution < 1.29 is 14.3 Å². The van der Waals surface area contributed by atoms with Crippen molar-refractivity contribution in [3.63, 3.8) is 0 Å². The summed E-state index contributed by atoms with van der Waals surface area (Å²) in [6.45, 7) is 3.51. The number of carbonyl (C=O) groups excluding carboxylic acids is 2. The second-order valence-electron chi connectivity index (χ2n) is 4.19. The molecule has 0 fully saturated rings.